The number of aliphatic imine (C=N–C) groups is 2. The molecule has 9 rings (SSSR count). The summed E-state index contributed by atoms with van der Waals surface area (Å²) in [4.78, 5) is 26.8. The van der Waals surface area contributed by atoms with Crippen LogP contribution in [0, 0.1) is 10.8 Å². The van der Waals surface area contributed by atoms with Gasteiger partial charge in [0, 0.05) is 21.0 Å². The van der Waals surface area contributed by atoms with Gasteiger partial charge in [0.15, 0.2) is 0 Å². The lowest BCUT2D eigenvalue weighted by Gasteiger charge is -2.56. The van der Waals surface area contributed by atoms with Crippen molar-refractivity contribution in [3.8, 4) is 0 Å². The molecule has 2 N–H and O–H groups in total. The molecular weight excluding hydrogens is 675 g/mol. The first-order valence-electron chi connectivity index (χ1n) is 16.1. The van der Waals surface area contributed by atoms with Gasteiger partial charge in [-0.15, -0.1) is 0 Å². The predicted molar refractivity (Wildman–Crippen MR) is 196 cm³/mol. The van der Waals surface area contributed by atoms with Crippen molar-refractivity contribution < 1.29 is 4.79 Å². The summed E-state index contributed by atoms with van der Waals surface area (Å²) in [7, 11) is 0. The highest BCUT2D eigenvalue weighted by Gasteiger charge is 2.76. The Morgan fingerprint density at radius 2 is 1.06 bits per heavy atom. The molecule has 5 atom stereocenters. The molecule has 4 heterocycles. The standard InChI is InChI=1S/C39H29Cl3N6O/c40-27-17-11-24(12-18-27)32-38-23-47(30-7-3-1-4-8-30)45-35(38)44-34(26-15-21-29(42)22-16-26)39(32)36(43-33(38)25-13-19-28(41)20-14-25)46-48(37(39)49)31-9-5-2-6-10-31/h1-22,32-34H,23H2,(H,43,46)(H,44,45)/t32-,33+,34-,38?,39?/m0/s1. The molecule has 1 amide bonds. The van der Waals surface area contributed by atoms with Crippen molar-refractivity contribution in [2.75, 3.05) is 16.6 Å². The number of carbonyl (C=O) groups is 1. The number of carbonyl (C=O) groups excluding carboxylic acids is 1. The van der Waals surface area contributed by atoms with Gasteiger partial charge in [-0.3, -0.25) is 30.6 Å². The SMILES string of the molecule is O=C1N(c2ccccc2)NC2=N[C@H](c3ccc(Cl)cc3)C34CN(c5ccccc5)NC3=N[C@@H](c3ccc(Cl)cc3)C12[C@H]4c1ccc(Cl)cc1. The van der Waals surface area contributed by atoms with Gasteiger partial charge in [-0.05, 0) is 77.4 Å². The fourth-order valence-corrected chi connectivity index (χ4v) is 8.69. The maximum Gasteiger partial charge on any atom is 0.262 e. The van der Waals surface area contributed by atoms with E-state index in [1.165, 1.54) is 0 Å². The van der Waals surface area contributed by atoms with Crippen LogP contribution in [0.3, 0.4) is 0 Å². The van der Waals surface area contributed by atoms with E-state index in [2.05, 4.69) is 28.0 Å². The average Bonchev–Trinajstić information content (AvgIpc) is 3.65. The summed E-state index contributed by atoms with van der Waals surface area (Å²) >= 11 is 19.4. The minimum Gasteiger partial charge on any atom is -0.286 e. The second-order valence-electron chi connectivity index (χ2n) is 12.9. The van der Waals surface area contributed by atoms with Crippen LogP contribution in [0.1, 0.15) is 34.7 Å². The summed E-state index contributed by atoms with van der Waals surface area (Å²) in [5.41, 5.74) is 9.61. The number of hydrogen-bond acceptors (Lipinski definition) is 6. The van der Waals surface area contributed by atoms with E-state index in [1.54, 1.807) is 5.01 Å². The molecule has 2 unspecified atom stereocenters. The number of amides is 1. The van der Waals surface area contributed by atoms with Crippen molar-refractivity contribution >= 4 is 63.8 Å². The van der Waals surface area contributed by atoms with Crippen LogP contribution in [0.4, 0.5) is 11.4 Å². The van der Waals surface area contributed by atoms with E-state index >= 15 is 4.79 Å². The largest absolute Gasteiger partial charge is 0.286 e. The lowest BCUT2D eigenvalue weighted by atomic mass is 9.49. The maximum atomic E-state index is 15.6. The highest BCUT2D eigenvalue weighted by atomic mass is 35.5. The highest BCUT2D eigenvalue weighted by molar-refractivity contribution is 6.31. The van der Waals surface area contributed by atoms with E-state index in [9.17, 15) is 0 Å². The van der Waals surface area contributed by atoms with Crippen LogP contribution >= 0.6 is 34.8 Å². The molecule has 0 aromatic heterocycles. The number of anilines is 2. The summed E-state index contributed by atoms with van der Waals surface area (Å²) in [5, 5.41) is 5.62. The van der Waals surface area contributed by atoms with Crippen LogP contribution in [0.15, 0.2) is 143 Å². The fourth-order valence-electron chi connectivity index (χ4n) is 8.31. The quantitative estimate of drug-likeness (QED) is 0.192. The van der Waals surface area contributed by atoms with Gasteiger partial charge in [-0.2, -0.15) is 0 Å². The summed E-state index contributed by atoms with van der Waals surface area (Å²) in [6.07, 6.45) is 0. The lowest BCUT2D eigenvalue weighted by Crippen LogP contribution is -2.62. The van der Waals surface area contributed by atoms with Crippen molar-refractivity contribution in [3.63, 3.8) is 0 Å². The summed E-state index contributed by atoms with van der Waals surface area (Å²) in [6, 6.07) is 42.0. The predicted octanol–water partition coefficient (Wildman–Crippen LogP) is 8.59. The van der Waals surface area contributed by atoms with Gasteiger partial charge in [0.25, 0.3) is 5.91 Å². The number of hydrogen-bond donors (Lipinski definition) is 2. The Morgan fingerprint density at radius 1 is 0.571 bits per heavy atom. The number of para-hydroxylation sites is 2. The summed E-state index contributed by atoms with van der Waals surface area (Å²) < 4.78 is 0. The third kappa shape index (κ3) is 4.46. The molecule has 0 aliphatic carbocycles. The van der Waals surface area contributed by atoms with Crippen LogP contribution in [0.25, 0.3) is 0 Å². The molecule has 5 aromatic carbocycles. The van der Waals surface area contributed by atoms with Crippen LogP contribution in [-0.4, -0.2) is 24.1 Å². The first-order valence-corrected chi connectivity index (χ1v) is 17.2. The Balaban J connectivity index is 1.38. The fraction of sp³-hybridized carbons (Fsp3) is 0.154. The number of rotatable bonds is 5. The van der Waals surface area contributed by atoms with Gasteiger partial charge in [-0.25, -0.2) is 5.01 Å². The Hall–Kier alpha value is -4.82. The van der Waals surface area contributed by atoms with Gasteiger partial charge < -0.3 is 0 Å². The van der Waals surface area contributed by atoms with Crippen LogP contribution in [-0.2, 0) is 4.79 Å². The smallest absolute Gasteiger partial charge is 0.262 e. The number of nitrogens with zero attached hydrogens (tertiary/aromatic N) is 4. The van der Waals surface area contributed by atoms with Crippen molar-refractivity contribution in [3.05, 3.63) is 165 Å². The van der Waals surface area contributed by atoms with Crippen LogP contribution in [0.2, 0.25) is 15.1 Å². The minimum atomic E-state index is -1.27. The van der Waals surface area contributed by atoms with E-state index in [4.69, 9.17) is 44.8 Å². The zero-order chi connectivity index (χ0) is 33.3. The summed E-state index contributed by atoms with van der Waals surface area (Å²) in [6.45, 7) is 0.487. The molecule has 2 spiro atoms. The zero-order valence-electron chi connectivity index (χ0n) is 26.0. The Kier molecular flexibility index (Phi) is 7.02. The number of hydrazine groups is 2. The third-order valence-electron chi connectivity index (χ3n) is 10.3. The van der Waals surface area contributed by atoms with Gasteiger partial charge in [0.1, 0.15) is 17.1 Å². The molecule has 4 aliphatic rings. The molecule has 5 aromatic rings. The van der Waals surface area contributed by atoms with Crippen molar-refractivity contribution in [2.45, 2.75) is 18.0 Å². The molecule has 242 valence electrons. The van der Waals surface area contributed by atoms with E-state index in [0.717, 1.165) is 28.2 Å². The first-order chi connectivity index (χ1) is 23.9. The van der Waals surface area contributed by atoms with E-state index < -0.39 is 28.8 Å². The lowest BCUT2D eigenvalue weighted by molar-refractivity contribution is -0.127. The van der Waals surface area contributed by atoms with Gasteiger partial charge in [0.2, 0.25) is 0 Å². The monoisotopic (exact) mass is 702 g/mol. The molecule has 2 fully saturated rings. The van der Waals surface area contributed by atoms with Crippen molar-refractivity contribution in [1.29, 1.82) is 0 Å². The summed E-state index contributed by atoms with van der Waals surface area (Å²) in [5.74, 6) is 0.740. The number of halogens is 3. The van der Waals surface area contributed by atoms with Crippen LogP contribution < -0.4 is 20.9 Å². The zero-order valence-corrected chi connectivity index (χ0v) is 28.2. The van der Waals surface area contributed by atoms with E-state index in [-0.39, 0.29) is 5.91 Å². The molecule has 49 heavy (non-hydrogen) atoms. The average molecular weight is 704 g/mol. The van der Waals surface area contributed by atoms with Crippen molar-refractivity contribution in [1.82, 2.24) is 10.9 Å². The van der Waals surface area contributed by atoms with Gasteiger partial charge in [-0.1, -0.05) is 108 Å². The second-order valence-corrected chi connectivity index (χ2v) is 14.2. The third-order valence-corrected chi connectivity index (χ3v) is 11.1. The molecule has 0 saturated carbocycles. The molecule has 2 saturated heterocycles. The molecule has 10 heteroatoms. The minimum absolute atomic E-state index is 0.132. The normalized spacial score (nSPS) is 26.7. The Labute approximate surface area is 298 Å². The Morgan fingerprint density at radius 3 is 1.63 bits per heavy atom. The molecule has 7 nitrogen and oxygen atoms in total. The Bertz CT molecular complexity index is 2130. The van der Waals surface area contributed by atoms with Gasteiger partial charge in [0.05, 0.1) is 35.4 Å². The first kappa shape index (κ1) is 30.3. The van der Waals surface area contributed by atoms with Crippen molar-refractivity contribution in [2.24, 2.45) is 20.8 Å². The molecule has 0 radical (unpaired) electrons. The topological polar surface area (TPSA) is 72.3 Å². The molecule has 2 bridgehead atoms. The van der Waals surface area contributed by atoms with E-state index in [1.807, 2.05) is 121 Å². The number of amidine groups is 2. The molecular formula is C39H29Cl3N6O. The van der Waals surface area contributed by atoms with E-state index in [0.29, 0.717) is 33.1 Å². The van der Waals surface area contributed by atoms with Crippen LogP contribution in [0.5, 0.6) is 0 Å². The number of nitrogens with one attached hydrogen (secondary N) is 2. The van der Waals surface area contributed by atoms with Gasteiger partial charge >= 0.3 is 0 Å². The number of benzene rings is 5. The molecule has 4 aliphatic heterocycles. The second kappa shape index (κ2) is 11.4. The highest BCUT2D eigenvalue weighted by Crippen LogP contribution is 2.69. The maximum absolute atomic E-state index is 15.6.